The van der Waals surface area contributed by atoms with E-state index in [0.717, 1.165) is 16.8 Å². The third kappa shape index (κ3) is 3.55. The quantitative estimate of drug-likeness (QED) is 0.401. The maximum atomic E-state index is 11.6. The maximum absolute atomic E-state index is 11.6. The largest absolute Gasteiger partial charge is 0.478 e. The Bertz CT molecular complexity index is 693. The van der Waals surface area contributed by atoms with Crippen molar-refractivity contribution in [2.24, 2.45) is 0 Å². The molecule has 0 amide bonds. The van der Waals surface area contributed by atoms with Gasteiger partial charge in [-0.05, 0) is 11.5 Å². The van der Waals surface area contributed by atoms with E-state index in [1.165, 1.54) is 18.2 Å². The Morgan fingerprint density at radius 1 is 0.950 bits per heavy atom. The van der Waals surface area contributed by atoms with Gasteiger partial charge in [-0.25, -0.2) is 9.59 Å². The van der Waals surface area contributed by atoms with Gasteiger partial charge in [-0.15, -0.1) is 0 Å². The summed E-state index contributed by atoms with van der Waals surface area (Å²) in [7, 11) is 0. The molecule has 0 aliphatic carbocycles. The molecule has 1 N–H and O–H groups in total. The highest BCUT2D eigenvalue weighted by Gasteiger charge is 2.04. The lowest BCUT2D eigenvalue weighted by Gasteiger charge is -2.05. The van der Waals surface area contributed by atoms with Crippen LogP contribution in [-0.2, 0) is 9.59 Å². The molecule has 2 aromatic rings. The predicted molar refractivity (Wildman–Crippen MR) is 75.5 cm³/mol. The second-order valence-corrected chi connectivity index (χ2v) is 3.95. The average molecular weight is 268 g/mol. The van der Waals surface area contributed by atoms with Crippen LogP contribution in [0.2, 0.25) is 0 Å². The third-order valence-corrected chi connectivity index (χ3v) is 2.54. The maximum Gasteiger partial charge on any atom is 0.336 e. The molecule has 0 spiro atoms. The van der Waals surface area contributed by atoms with Gasteiger partial charge >= 0.3 is 11.9 Å². The molecular formula is C16H12O4. The van der Waals surface area contributed by atoms with Crippen molar-refractivity contribution < 1.29 is 19.4 Å². The van der Waals surface area contributed by atoms with Crippen LogP contribution in [0.1, 0.15) is 0 Å². The topological polar surface area (TPSA) is 63.6 Å². The first-order valence-corrected chi connectivity index (χ1v) is 5.94. The number of allylic oxidation sites excluding steroid dienone is 2. The molecule has 0 unspecified atom stereocenters. The van der Waals surface area contributed by atoms with Gasteiger partial charge < -0.3 is 9.84 Å². The minimum atomic E-state index is -1.07. The van der Waals surface area contributed by atoms with Gasteiger partial charge in [-0.3, -0.25) is 0 Å². The van der Waals surface area contributed by atoms with Gasteiger partial charge in [-0.2, -0.15) is 0 Å². The fraction of sp³-hybridized carbons (Fsp3) is 0. The Hall–Kier alpha value is -2.88. The summed E-state index contributed by atoms with van der Waals surface area (Å²) in [4.78, 5) is 21.9. The van der Waals surface area contributed by atoms with Crippen molar-refractivity contribution in [1.29, 1.82) is 0 Å². The third-order valence-electron chi connectivity index (χ3n) is 2.54. The van der Waals surface area contributed by atoms with E-state index in [4.69, 9.17) is 9.84 Å². The normalized spacial score (nSPS) is 11.2. The number of benzene rings is 2. The van der Waals surface area contributed by atoms with Crippen LogP contribution in [0.15, 0.2) is 66.8 Å². The zero-order chi connectivity index (χ0) is 14.4. The number of carboxylic acids is 1. The van der Waals surface area contributed by atoms with Crippen LogP contribution in [0.25, 0.3) is 10.8 Å². The lowest BCUT2D eigenvalue weighted by atomic mass is 10.1. The van der Waals surface area contributed by atoms with Crippen molar-refractivity contribution in [2.75, 3.05) is 0 Å². The molecule has 0 aromatic heterocycles. The number of carbonyl (C=O) groups excluding carboxylic acids is 1. The Morgan fingerprint density at radius 3 is 2.45 bits per heavy atom. The summed E-state index contributed by atoms with van der Waals surface area (Å²) >= 11 is 0. The van der Waals surface area contributed by atoms with E-state index in [2.05, 4.69) is 0 Å². The molecule has 0 saturated heterocycles. The van der Waals surface area contributed by atoms with E-state index >= 15 is 0 Å². The number of aliphatic carboxylic acids is 1. The summed E-state index contributed by atoms with van der Waals surface area (Å²) in [6.07, 6.45) is 4.68. The SMILES string of the molecule is O=C(O)C=CC=CC(=O)Oc1cccc2ccccc12. The van der Waals surface area contributed by atoms with Gasteiger partial charge in [0.15, 0.2) is 0 Å². The molecule has 0 heterocycles. The Labute approximate surface area is 115 Å². The molecule has 0 atom stereocenters. The van der Waals surface area contributed by atoms with E-state index in [-0.39, 0.29) is 0 Å². The minimum Gasteiger partial charge on any atom is -0.478 e. The van der Waals surface area contributed by atoms with E-state index in [1.807, 2.05) is 30.3 Å². The first-order valence-electron chi connectivity index (χ1n) is 5.94. The molecule has 4 nitrogen and oxygen atoms in total. The molecule has 0 aliphatic rings. The molecule has 100 valence electrons. The summed E-state index contributed by atoms with van der Waals surface area (Å²) < 4.78 is 5.23. The minimum absolute atomic E-state index is 0.472. The highest BCUT2D eigenvalue weighted by molar-refractivity contribution is 5.92. The fourth-order valence-electron chi connectivity index (χ4n) is 1.70. The highest BCUT2D eigenvalue weighted by atomic mass is 16.5. The van der Waals surface area contributed by atoms with E-state index < -0.39 is 11.9 Å². The fourth-order valence-corrected chi connectivity index (χ4v) is 1.70. The van der Waals surface area contributed by atoms with Crippen molar-refractivity contribution >= 4 is 22.7 Å². The molecule has 0 bridgehead atoms. The number of hydrogen-bond acceptors (Lipinski definition) is 3. The zero-order valence-corrected chi connectivity index (χ0v) is 10.5. The number of fused-ring (bicyclic) bond motifs is 1. The van der Waals surface area contributed by atoms with E-state index in [9.17, 15) is 9.59 Å². The molecule has 20 heavy (non-hydrogen) atoms. The number of rotatable bonds is 4. The summed E-state index contributed by atoms with van der Waals surface area (Å²) in [5.41, 5.74) is 0. The lowest BCUT2D eigenvalue weighted by molar-refractivity contribution is -0.131. The first kappa shape index (κ1) is 13.5. The van der Waals surface area contributed by atoms with Crippen molar-refractivity contribution in [2.45, 2.75) is 0 Å². The predicted octanol–water partition coefficient (Wildman–Crippen LogP) is 2.94. The second-order valence-electron chi connectivity index (χ2n) is 3.95. The average Bonchev–Trinajstić information content (AvgIpc) is 2.44. The molecule has 2 rings (SSSR count). The van der Waals surface area contributed by atoms with Gasteiger partial charge in [0.1, 0.15) is 5.75 Å². The first-order chi connectivity index (χ1) is 9.66. The second kappa shape index (κ2) is 6.33. The summed E-state index contributed by atoms with van der Waals surface area (Å²) in [5.74, 6) is -1.16. The van der Waals surface area contributed by atoms with Gasteiger partial charge in [0, 0.05) is 17.5 Å². The molecular weight excluding hydrogens is 256 g/mol. The van der Waals surface area contributed by atoms with E-state index in [0.29, 0.717) is 5.75 Å². The van der Waals surface area contributed by atoms with Crippen LogP contribution in [0.5, 0.6) is 5.75 Å². The van der Waals surface area contributed by atoms with E-state index in [1.54, 1.807) is 12.1 Å². The van der Waals surface area contributed by atoms with Crippen LogP contribution < -0.4 is 4.74 Å². The molecule has 0 fully saturated rings. The number of ether oxygens (including phenoxy) is 1. The molecule has 0 aliphatic heterocycles. The van der Waals surface area contributed by atoms with Crippen molar-refractivity contribution in [3.63, 3.8) is 0 Å². The lowest BCUT2D eigenvalue weighted by Crippen LogP contribution is -2.03. The van der Waals surface area contributed by atoms with Crippen molar-refractivity contribution in [3.05, 3.63) is 66.8 Å². The summed E-state index contributed by atoms with van der Waals surface area (Å²) in [6.45, 7) is 0. The van der Waals surface area contributed by atoms with Crippen LogP contribution in [0.3, 0.4) is 0 Å². The number of esters is 1. The van der Waals surface area contributed by atoms with Crippen molar-refractivity contribution in [1.82, 2.24) is 0 Å². The van der Waals surface area contributed by atoms with Gasteiger partial charge in [-0.1, -0.05) is 48.6 Å². The highest BCUT2D eigenvalue weighted by Crippen LogP contribution is 2.25. The molecule has 0 radical (unpaired) electrons. The van der Waals surface area contributed by atoms with Gasteiger partial charge in [0.2, 0.25) is 0 Å². The molecule has 0 saturated carbocycles. The number of carbonyl (C=O) groups is 2. The molecule has 2 aromatic carbocycles. The van der Waals surface area contributed by atoms with Crippen molar-refractivity contribution in [3.8, 4) is 5.75 Å². The van der Waals surface area contributed by atoms with Crippen LogP contribution in [0, 0.1) is 0 Å². The van der Waals surface area contributed by atoms with Crippen LogP contribution in [0.4, 0.5) is 0 Å². The monoisotopic (exact) mass is 268 g/mol. The van der Waals surface area contributed by atoms with Gasteiger partial charge in [0.25, 0.3) is 0 Å². The Morgan fingerprint density at radius 2 is 1.65 bits per heavy atom. The number of carboxylic acid groups (broad SMARTS) is 1. The summed E-state index contributed by atoms with van der Waals surface area (Å²) in [6, 6.07) is 13.0. The van der Waals surface area contributed by atoms with Gasteiger partial charge in [0.05, 0.1) is 0 Å². The Balaban J connectivity index is 2.12. The van der Waals surface area contributed by atoms with Crippen LogP contribution in [-0.4, -0.2) is 17.0 Å². The molecule has 4 heteroatoms. The number of hydrogen-bond donors (Lipinski definition) is 1. The summed E-state index contributed by atoms with van der Waals surface area (Å²) in [5, 5.41) is 10.2. The zero-order valence-electron chi connectivity index (χ0n) is 10.5. The standard InChI is InChI=1S/C16H12O4/c17-15(18)10-3-4-11-16(19)20-14-9-5-7-12-6-1-2-8-13(12)14/h1-11H,(H,17,18). The van der Waals surface area contributed by atoms with Crippen LogP contribution >= 0.6 is 0 Å². The Kier molecular flexibility index (Phi) is 4.29. The smallest absolute Gasteiger partial charge is 0.336 e.